The minimum absolute atomic E-state index is 0.334. The Bertz CT molecular complexity index is 1190. The minimum Gasteiger partial charge on any atom is -0.457 e. The Morgan fingerprint density at radius 1 is 0.553 bits per heavy atom. The van der Waals surface area contributed by atoms with Gasteiger partial charge in [-0.05, 0) is 67.1 Å². The van der Waals surface area contributed by atoms with Crippen LogP contribution in [0.3, 0.4) is 0 Å². The van der Waals surface area contributed by atoms with Gasteiger partial charge in [0.15, 0.2) is 0 Å². The van der Waals surface area contributed by atoms with Gasteiger partial charge in [0.05, 0.1) is 0 Å². The van der Waals surface area contributed by atoms with Crippen molar-refractivity contribution in [3.8, 4) is 23.0 Å². The van der Waals surface area contributed by atoms with Crippen molar-refractivity contribution in [3.05, 3.63) is 108 Å². The van der Waals surface area contributed by atoms with Crippen molar-refractivity contribution in [3.63, 3.8) is 0 Å². The predicted molar refractivity (Wildman–Crippen MR) is 159 cm³/mol. The van der Waals surface area contributed by atoms with Crippen LogP contribution in [-0.4, -0.2) is 0 Å². The number of hydrogen-bond acceptors (Lipinski definition) is 4. The van der Waals surface area contributed by atoms with E-state index in [1.165, 1.54) is 32.1 Å². The zero-order valence-electron chi connectivity index (χ0n) is 22.7. The first-order valence-electron chi connectivity index (χ1n) is 13.8. The van der Waals surface area contributed by atoms with E-state index in [1.807, 2.05) is 60.7 Å². The molecule has 38 heavy (non-hydrogen) atoms. The maximum absolute atomic E-state index is 6.45. The van der Waals surface area contributed by atoms with Crippen molar-refractivity contribution < 1.29 is 9.47 Å². The number of ether oxygens (including phenoxy) is 2. The number of nitrogen functional groups attached to an aromatic ring is 2. The highest BCUT2D eigenvalue weighted by Crippen LogP contribution is 2.46. The third-order valence-electron chi connectivity index (χ3n) is 7.21. The molecule has 0 bridgehead atoms. The number of rotatable bonds is 13. The monoisotopic (exact) mass is 508 g/mol. The van der Waals surface area contributed by atoms with Crippen molar-refractivity contribution >= 4 is 11.4 Å². The van der Waals surface area contributed by atoms with Crippen LogP contribution in [0.4, 0.5) is 11.4 Å². The molecule has 0 heterocycles. The molecule has 0 unspecified atom stereocenters. The lowest BCUT2D eigenvalue weighted by molar-refractivity contribution is 0.410. The fourth-order valence-electron chi connectivity index (χ4n) is 5.02. The van der Waals surface area contributed by atoms with Crippen LogP contribution in [0.25, 0.3) is 0 Å². The second-order valence-electron chi connectivity index (χ2n) is 10.2. The van der Waals surface area contributed by atoms with Crippen molar-refractivity contribution in [2.75, 3.05) is 11.5 Å². The molecule has 198 valence electrons. The highest BCUT2D eigenvalue weighted by atomic mass is 16.5. The summed E-state index contributed by atoms with van der Waals surface area (Å²) in [6.07, 6.45) is 8.41. The van der Waals surface area contributed by atoms with E-state index in [2.05, 4.69) is 50.2 Å². The van der Waals surface area contributed by atoms with Gasteiger partial charge in [-0.3, -0.25) is 0 Å². The number of para-hydroxylation sites is 2. The van der Waals surface area contributed by atoms with Gasteiger partial charge in [-0.2, -0.15) is 0 Å². The standard InChI is InChI=1S/C34H40N2O2/c1-3-4-5-6-7-12-25-34(2,30-13-8-10-15-32(30)37-28-21-17-26(35)18-22-28)31-14-9-11-16-33(31)38-29-23-19-27(36)20-24-29/h8-11,13-24H,3-7,12,25,35-36H2,1-2H3. The van der Waals surface area contributed by atoms with Crippen LogP contribution in [-0.2, 0) is 5.41 Å². The van der Waals surface area contributed by atoms with Gasteiger partial charge in [0, 0.05) is 27.9 Å². The summed E-state index contributed by atoms with van der Waals surface area (Å²) in [5, 5.41) is 0. The third-order valence-corrected chi connectivity index (χ3v) is 7.21. The molecule has 4 aromatic carbocycles. The Hall–Kier alpha value is -3.92. The topological polar surface area (TPSA) is 70.5 Å². The molecule has 4 heteroatoms. The molecule has 0 aromatic heterocycles. The number of hydrogen-bond donors (Lipinski definition) is 2. The van der Waals surface area contributed by atoms with Crippen LogP contribution in [0.15, 0.2) is 97.1 Å². The molecule has 4 N–H and O–H groups in total. The Morgan fingerprint density at radius 2 is 0.974 bits per heavy atom. The summed E-state index contributed by atoms with van der Waals surface area (Å²) in [7, 11) is 0. The molecule has 0 fully saturated rings. The predicted octanol–water partition coefficient (Wildman–Crippen LogP) is 9.49. The molecular weight excluding hydrogens is 468 g/mol. The summed E-state index contributed by atoms with van der Waals surface area (Å²) in [6, 6.07) is 31.8. The fraction of sp³-hybridized carbons (Fsp3) is 0.294. The van der Waals surface area contributed by atoms with Crippen LogP contribution in [0, 0.1) is 0 Å². The minimum atomic E-state index is -0.334. The molecule has 0 saturated heterocycles. The second-order valence-corrected chi connectivity index (χ2v) is 10.2. The van der Waals surface area contributed by atoms with Gasteiger partial charge in [0.2, 0.25) is 0 Å². The van der Waals surface area contributed by atoms with Crippen molar-refractivity contribution in [1.82, 2.24) is 0 Å². The average Bonchev–Trinajstić information content (AvgIpc) is 2.94. The van der Waals surface area contributed by atoms with Crippen LogP contribution in [0.2, 0.25) is 0 Å². The van der Waals surface area contributed by atoms with E-state index in [1.54, 1.807) is 0 Å². The molecular formula is C34H40N2O2. The lowest BCUT2D eigenvalue weighted by Crippen LogP contribution is -2.25. The lowest BCUT2D eigenvalue weighted by Gasteiger charge is -2.34. The van der Waals surface area contributed by atoms with Gasteiger partial charge in [0.1, 0.15) is 23.0 Å². The largest absolute Gasteiger partial charge is 0.457 e. The zero-order chi connectivity index (χ0) is 26.8. The van der Waals surface area contributed by atoms with E-state index in [0.29, 0.717) is 11.4 Å². The van der Waals surface area contributed by atoms with Gasteiger partial charge in [0.25, 0.3) is 0 Å². The molecule has 4 rings (SSSR count). The first-order valence-corrected chi connectivity index (χ1v) is 13.8. The summed E-state index contributed by atoms with van der Waals surface area (Å²) in [5.74, 6) is 3.21. The summed E-state index contributed by atoms with van der Waals surface area (Å²) >= 11 is 0. The van der Waals surface area contributed by atoms with E-state index < -0.39 is 0 Å². The number of nitrogens with two attached hydrogens (primary N) is 2. The van der Waals surface area contributed by atoms with Gasteiger partial charge >= 0.3 is 0 Å². The fourth-order valence-corrected chi connectivity index (χ4v) is 5.02. The summed E-state index contributed by atoms with van der Waals surface area (Å²) < 4.78 is 12.9. The van der Waals surface area contributed by atoms with Crippen LogP contribution < -0.4 is 20.9 Å². The molecule has 4 nitrogen and oxygen atoms in total. The van der Waals surface area contributed by atoms with Gasteiger partial charge in [-0.1, -0.05) is 88.8 Å². The first-order chi connectivity index (χ1) is 18.5. The van der Waals surface area contributed by atoms with E-state index in [0.717, 1.165) is 47.0 Å². The molecule has 0 spiro atoms. The first kappa shape index (κ1) is 27.1. The summed E-state index contributed by atoms with van der Waals surface area (Å²) in [4.78, 5) is 0. The van der Waals surface area contributed by atoms with E-state index >= 15 is 0 Å². The van der Waals surface area contributed by atoms with Crippen LogP contribution >= 0.6 is 0 Å². The van der Waals surface area contributed by atoms with Crippen molar-refractivity contribution in [1.29, 1.82) is 0 Å². The molecule has 0 amide bonds. The Morgan fingerprint density at radius 3 is 1.45 bits per heavy atom. The lowest BCUT2D eigenvalue weighted by atomic mass is 9.71. The maximum Gasteiger partial charge on any atom is 0.131 e. The molecule has 0 aliphatic carbocycles. The molecule has 0 saturated carbocycles. The van der Waals surface area contributed by atoms with Crippen LogP contribution in [0.1, 0.15) is 69.9 Å². The van der Waals surface area contributed by atoms with Crippen LogP contribution in [0.5, 0.6) is 23.0 Å². The Balaban J connectivity index is 1.71. The quantitative estimate of drug-likeness (QED) is 0.139. The molecule has 0 atom stereocenters. The summed E-state index contributed by atoms with van der Waals surface area (Å²) in [5.41, 5.74) is 15.2. The smallest absolute Gasteiger partial charge is 0.131 e. The molecule has 4 aromatic rings. The number of unbranched alkanes of at least 4 members (excludes halogenated alkanes) is 5. The highest BCUT2D eigenvalue weighted by molar-refractivity contribution is 5.54. The number of anilines is 2. The van der Waals surface area contributed by atoms with E-state index in [4.69, 9.17) is 20.9 Å². The van der Waals surface area contributed by atoms with E-state index in [9.17, 15) is 0 Å². The van der Waals surface area contributed by atoms with Crippen molar-refractivity contribution in [2.24, 2.45) is 0 Å². The molecule has 0 aliphatic heterocycles. The Kier molecular flexibility index (Phi) is 9.31. The molecule has 0 aliphatic rings. The highest BCUT2D eigenvalue weighted by Gasteiger charge is 2.34. The summed E-state index contributed by atoms with van der Waals surface area (Å²) in [6.45, 7) is 4.57. The SMILES string of the molecule is CCCCCCCCC(C)(c1ccccc1Oc1ccc(N)cc1)c1ccccc1Oc1ccc(N)cc1. The van der Waals surface area contributed by atoms with E-state index in [-0.39, 0.29) is 5.41 Å². The Labute approximate surface area is 227 Å². The molecule has 0 radical (unpaired) electrons. The number of benzene rings is 4. The normalized spacial score (nSPS) is 11.3. The van der Waals surface area contributed by atoms with Gasteiger partial charge in [-0.15, -0.1) is 0 Å². The van der Waals surface area contributed by atoms with Gasteiger partial charge in [-0.25, -0.2) is 0 Å². The van der Waals surface area contributed by atoms with Crippen molar-refractivity contribution in [2.45, 2.75) is 64.2 Å². The zero-order valence-corrected chi connectivity index (χ0v) is 22.7. The third kappa shape index (κ3) is 6.89. The second kappa shape index (κ2) is 13.0. The average molecular weight is 509 g/mol. The maximum atomic E-state index is 6.45. The van der Waals surface area contributed by atoms with Gasteiger partial charge < -0.3 is 20.9 Å².